The smallest absolute Gasteiger partial charge is 0.329 e. The molecule has 1 saturated heterocycles. The van der Waals surface area contributed by atoms with Crippen molar-refractivity contribution >= 4 is 47.8 Å². The lowest BCUT2D eigenvalue weighted by Crippen LogP contribution is -2.37. The average molecular weight is 618 g/mol. The van der Waals surface area contributed by atoms with Gasteiger partial charge in [0.2, 0.25) is 0 Å². The second-order valence-electron chi connectivity index (χ2n) is 11.8. The quantitative estimate of drug-likeness (QED) is 0.217. The molecule has 0 N–H and O–H groups in total. The minimum atomic E-state index is -4.06. The number of anilines is 1. The lowest BCUT2D eigenvalue weighted by molar-refractivity contribution is -0.123. The molecular formula is C32H35N3O6SSi. The van der Waals surface area contributed by atoms with Gasteiger partial charge in [0.1, 0.15) is 18.9 Å². The highest BCUT2D eigenvalue weighted by atomic mass is 32.2. The van der Waals surface area contributed by atoms with Gasteiger partial charge in [-0.15, -0.1) is 0 Å². The van der Waals surface area contributed by atoms with Crippen molar-refractivity contribution in [3.8, 4) is 5.75 Å². The number of carbonyl (C=O) groups is 3. The molecule has 0 aromatic heterocycles. The molecule has 3 aromatic carbocycles. The van der Waals surface area contributed by atoms with E-state index in [0.717, 1.165) is 19.7 Å². The number of rotatable bonds is 11. The standard InChI is InChI=1S/C32H35N3O6SSi/c1-43(2,3)20-19-34-30(36)22-35(42(34,39)40)28-17-16-24(21-29(28)41-23-25-12-5-4-6-13-25)11-9-10-18-33-31(37)26-14-7-8-15-27(26)32(33)38/h4-9,11-17,21H,10,18-20,22-23H2,1-3H3. The Labute approximate surface area is 253 Å². The SMILES string of the molecule is C[Si](C)(C)CCN1C(=O)CN(c2ccc(C=CCCN3C(=O)c4ccccc4C3=O)cc2OCc2ccccc2)S1(=O)=O. The van der Waals surface area contributed by atoms with E-state index in [1.165, 1.54) is 4.90 Å². The normalized spacial score (nSPS) is 16.4. The van der Waals surface area contributed by atoms with E-state index in [0.29, 0.717) is 35.0 Å². The van der Waals surface area contributed by atoms with Gasteiger partial charge in [-0.3, -0.25) is 19.3 Å². The van der Waals surface area contributed by atoms with Crippen LogP contribution in [-0.2, 0) is 21.6 Å². The Morgan fingerprint density at radius 3 is 2.16 bits per heavy atom. The molecule has 0 saturated carbocycles. The number of fused-ring (bicyclic) bond motifs is 1. The molecule has 0 spiro atoms. The Bertz CT molecular complexity index is 1650. The third kappa shape index (κ3) is 6.57. The predicted octanol–water partition coefficient (Wildman–Crippen LogP) is 5.20. The molecular weight excluding hydrogens is 583 g/mol. The van der Waals surface area contributed by atoms with E-state index in [1.807, 2.05) is 42.5 Å². The second kappa shape index (κ2) is 12.2. The summed E-state index contributed by atoms with van der Waals surface area (Å²) in [5.74, 6) is -0.718. The van der Waals surface area contributed by atoms with E-state index in [2.05, 4.69) is 19.6 Å². The van der Waals surface area contributed by atoms with Crippen molar-refractivity contribution in [3.63, 3.8) is 0 Å². The first-order valence-electron chi connectivity index (χ1n) is 14.2. The number of nitrogens with zero attached hydrogens (tertiary/aromatic N) is 3. The maximum absolute atomic E-state index is 13.5. The van der Waals surface area contributed by atoms with Crippen LogP contribution in [0, 0.1) is 0 Å². The summed E-state index contributed by atoms with van der Waals surface area (Å²) in [5.41, 5.74) is 2.78. The fraction of sp³-hybridized carbons (Fsp3) is 0.281. The fourth-order valence-corrected chi connectivity index (χ4v) is 7.58. The lowest BCUT2D eigenvalue weighted by Gasteiger charge is -2.24. The molecule has 0 bridgehead atoms. The van der Waals surface area contributed by atoms with Gasteiger partial charge < -0.3 is 4.74 Å². The second-order valence-corrected chi connectivity index (χ2v) is 19.2. The Morgan fingerprint density at radius 2 is 1.51 bits per heavy atom. The largest absolute Gasteiger partial charge is 0.487 e. The molecule has 9 nitrogen and oxygen atoms in total. The number of hydrogen-bond donors (Lipinski definition) is 0. The molecule has 2 heterocycles. The molecule has 0 unspecified atom stereocenters. The topological polar surface area (TPSA) is 104 Å². The number of imide groups is 1. The number of carbonyl (C=O) groups excluding carboxylic acids is 3. The first-order chi connectivity index (χ1) is 20.5. The van der Waals surface area contributed by atoms with E-state index in [9.17, 15) is 22.8 Å². The van der Waals surface area contributed by atoms with Crippen molar-refractivity contribution < 1.29 is 27.5 Å². The summed E-state index contributed by atoms with van der Waals surface area (Å²) < 4.78 is 35.3. The van der Waals surface area contributed by atoms with Crippen LogP contribution in [0.4, 0.5) is 5.69 Å². The summed E-state index contributed by atoms with van der Waals surface area (Å²) in [7, 11) is -5.65. The molecule has 224 valence electrons. The van der Waals surface area contributed by atoms with Gasteiger partial charge in [-0.05, 0) is 47.9 Å². The fourth-order valence-electron chi connectivity index (χ4n) is 4.97. The van der Waals surface area contributed by atoms with Crippen molar-refractivity contribution in [1.82, 2.24) is 9.21 Å². The molecule has 2 aliphatic heterocycles. The van der Waals surface area contributed by atoms with Crippen LogP contribution in [-0.4, -0.2) is 63.1 Å². The van der Waals surface area contributed by atoms with Gasteiger partial charge in [0.25, 0.3) is 17.7 Å². The monoisotopic (exact) mass is 617 g/mol. The van der Waals surface area contributed by atoms with E-state index < -0.39 is 24.2 Å². The van der Waals surface area contributed by atoms with Crippen LogP contribution < -0.4 is 9.04 Å². The minimum Gasteiger partial charge on any atom is -0.487 e. The lowest BCUT2D eigenvalue weighted by atomic mass is 10.1. The van der Waals surface area contributed by atoms with Gasteiger partial charge >= 0.3 is 10.2 Å². The summed E-state index contributed by atoms with van der Waals surface area (Å²) in [4.78, 5) is 39.4. The zero-order valence-corrected chi connectivity index (χ0v) is 26.3. The van der Waals surface area contributed by atoms with Gasteiger partial charge in [-0.2, -0.15) is 8.42 Å². The summed E-state index contributed by atoms with van der Waals surface area (Å²) in [6, 6.07) is 22.1. The highest BCUT2D eigenvalue weighted by molar-refractivity contribution is 7.91. The third-order valence-corrected chi connectivity index (χ3v) is 10.9. The van der Waals surface area contributed by atoms with E-state index in [1.54, 1.807) is 42.5 Å². The van der Waals surface area contributed by atoms with Crippen molar-refractivity contribution in [2.45, 2.75) is 38.7 Å². The van der Waals surface area contributed by atoms with Crippen LogP contribution in [0.5, 0.6) is 5.75 Å². The van der Waals surface area contributed by atoms with E-state index in [4.69, 9.17) is 4.74 Å². The first kappa shape index (κ1) is 30.2. The van der Waals surface area contributed by atoms with Crippen LogP contribution in [0.15, 0.2) is 78.9 Å². The number of hydrogen-bond acceptors (Lipinski definition) is 6. The predicted molar refractivity (Wildman–Crippen MR) is 169 cm³/mol. The molecule has 43 heavy (non-hydrogen) atoms. The van der Waals surface area contributed by atoms with Gasteiger partial charge in [-0.25, -0.2) is 8.61 Å². The highest BCUT2D eigenvalue weighted by Gasteiger charge is 2.44. The van der Waals surface area contributed by atoms with Crippen molar-refractivity contribution in [2.75, 3.05) is 23.9 Å². The van der Waals surface area contributed by atoms with Crippen molar-refractivity contribution in [2.24, 2.45) is 0 Å². The number of ether oxygens (including phenoxy) is 1. The van der Waals surface area contributed by atoms with Crippen molar-refractivity contribution in [1.29, 1.82) is 0 Å². The van der Waals surface area contributed by atoms with E-state index in [-0.39, 0.29) is 38.1 Å². The molecule has 0 aliphatic carbocycles. The van der Waals surface area contributed by atoms with Crippen LogP contribution in [0.3, 0.4) is 0 Å². The minimum absolute atomic E-state index is 0.168. The average Bonchev–Trinajstić information content (AvgIpc) is 3.35. The summed E-state index contributed by atoms with van der Waals surface area (Å²) >= 11 is 0. The van der Waals surface area contributed by atoms with Crippen LogP contribution in [0.1, 0.15) is 38.3 Å². The maximum Gasteiger partial charge on any atom is 0.329 e. The van der Waals surface area contributed by atoms with Gasteiger partial charge in [-0.1, -0.05) is 80.3 Å². The van der Waals surface area contributed by atoms with Crippen LogP contribution in [0.2, 0.25) is 25.7 Å². The Hall–Kier alpha value is -4.22. The Balaban J connectivity index is 1.34. The van der Waals surface area contributed by atoms with Gasteiger partial charge in [0, 0.05) is 21.2 Å². The molecule has 11 heteroatoms. The zero-order chi connectivity index (χ0) is 30.8. The molecule has 3 amide bonds. The molecule has 0 radical (unpaired) electrons. The summed E-state index contributed by atoms with van der Waals surface area (Å²) in [6.07, 6.45) is 4.13. The molecule has 0 atom stereocenters. The van der Waals surface area contributed by atoms with Gasteiger partial charge in [0.15, 0.2) is 0 Å². The maximum atomic E-state index is 13.5. The number of amides is 3. The van der Waals surface area contributed by atoms with E-state index >= 15 is 0 Å². The molecule has 5 rings (SSSR count). The van der Waals surface area contributed by atoms with Gasteiger partial charge in [0.05, 0.1) is 16.8 Å². The van der Waals surface area contributed by atoms with Crippen molar-refractivity contribution in [3.05, 3.63) is 101 Å². The molecule has 3 aromatic rings. The Morgan fingerprint density at radius 1 is 0.860 bits per heavy atom. The van der Waals surface area contributed by atoms with Crippen LogP contribution >= 0.6 is 0 Å². The van der Waals surface area contributed by atoms with Crippen LogP contribution in [0.25, 0.3) is 6.08 Å². The highest BCUT2D eigenvalue weighted by Crippen LogP contribution is 2.36. The molecule has 2 aliphatic rings. The third-order valence-electron chi connectivity index (χ3n) is 7.38. The summed E-state index contributed by atoms with van der Waals surface area (Å²) in [5, 5.41) is 0. The first-order valence-corrected chi connectivity index (χ1v) is 19.3. The molecule has 1 fully saturated rings. The number of benzene rings is 3. The zero-order valence-electron chi connectivity index (χ0n) is 24.5. The Kier molecular flexibility index (Phi) is 8.56. The summed E-state index contributed by atoms with van der Waals surface area (Å²) in [6.45, 7) is 6.74.